The molecule has 0 N–H and O–H groups in total. The van der Waals surface area contributed by atoms with Crippen molar-refractivity contribution >= 4 is 11.8 Å². The second-order valence-electron chi connectivity index (χ2n) is 3.81. The summed E-state index contributed by atoms with van der Waals surface area (Å²) in [5.74, 6) is 0.126. The van der Waals surface area contributed by atoms with Crippen LogP contribution in [0, 0.1) is 0 Å². The molecule has 0 saturated heterocycles. The Morgan fingerprint density at radius 2 is 1.89 bits per heavy atom. The van der Waals surface area contributed by atoms with Gasteiger partial charge < -0.3 is 9.47 Å². The van der Waals surface area contributed by atoms with E-state index in [9.17, 15) is 9.59 Å². The van der Waals surface area contributed by atoms with Crippen molar-refractivity contribution in [1.82, 2.24) is 0 Å². The van der Waals surface area contributed by atoms with E-state index in [-0.39, 0.29) is 12.2 Å². The largest absolute Gasteiger partial charge is 0.494 e. The Balaban J connectivity index is 3.18. The molecule has 98 valence electrons. The number of benzene rings is 1. The maximum absolute atomic E-state index is 11.8. The first kappa shape index (κ1) is 14.2. The quantitative estimate of drug-likeness (QED) is 0.727. The van der Waals surface area contributed by atoms with Crippen LogP contribution in [0.2, 0.25) is 0 Å². The predicted molar refractivity (Wildman–Crippen MR) is 68.0 cm³/mol. The third-order valence-corrected chi connectivity index (χ3v) is 2.35. The number of ketones is 1. The number of carbonyl (C=O) groups is 2. The monoisotopic (exact) mass is 250 g/mol. The zero-order valence-corrected chi connectivity index (χ0v) is 11.0. The highest BCUT2D eigenvalue weighted by Gasteiger charge is 2.17. The molecule has 0 bridgehead atoms. The van der Waals surface area contributed by atoms with Crippen LogP contribution in [0.1, 0.15) is 36.7 Å². The first-order valence-corrected chi connectivity index (χ1v) is 6.01. The second kappa shape index (κ2) is 6.79. The highest BCUT2D eigenvalue weighted by molar-refractivity contribution is 5.94. The van der Waals surface area contributed by atoms with E-state index in [2.05, 4.69) is 0 Å². The van der Waals surface area contributed by atoms with E-state index in [0.717, 1.165) is 0 Å². The van der Waals surface area contributed by atoms with Crippen LogP contribution in [0.15, 0.2) is 18.2 Å². The molecule has 1 rings (SSSR count). The fourth-order valence-electron chi connectivity index (χ4n) is 1.69. The summed E-state index contributed by atoms with van der Waals surface area (Å²) in [6.07, 6.45) is 0.171. The minimum atomic E-state index is -0.421. The van der Waals surface area contributed by atoms with Crippen LogP contribution in [0.25, 0.3) is 0 Å². The number of Topliss-reactive ketones (excluding diaryl/α,β-unsaturated/α-hetero) is 1. The minimum Gasteiger partial charge on any atom is -0.494 e. The van der Waals surface area contributed by atoms with E-state index in [4.69, 9.17) is 9.47 Å². The average Bonchev–Trinajstić information content (AvgIpc) is 2.31. The van der Waals surface area contributed by atoms with Gasteiger partial charge in [-0.05, 0) is 32.9 Å². The lowest BCUT2D eigenvalue weighted by atomic mass is 10.0. The van der Waals surface area contributed by atoms with Crippen molar-refractivity contribution in [2.45, 2.75) is 27.2 Å². The number of hydrogen-bond donors (Lipinski definition) is 0. The smallest absolute Gasteiger partial charge is 0.338 e. The van der Waals surface area contributed by atoms with E-state index in [1.807, 2.05) is 6.92 Å². The van der Waals surface area contributed by atoms with Gasteiger partial charge in [0.25, 0.3) is 0 Å². The first-order valence-electron chi connectivity index (χ1n) is 6.01. The van der Waals surface area contributed by atoms with Crippen molar-refractivity contribution in [3.63, 3.8) is 0 Å². The zero-order chi connectivity index (χ0) is 13.5. The van der Waals surface area contributed by atoms with Crippen molar-refractivity contribution < 1.29 is 19.1 Å². The molecule has 0 amide bonds. The lowest BCUT2D eigenvalue weighted by molar-refractivity contribution is -0.116. The van der Waals surface area contributed by atoms with Crippen LogP contribution in [0.4, 0.5) is 0 Å². The molecular formula is C14H18O4. The number of ether oxygens (including phenoxy) is 2. The van der Waals surface area contributed by atoms with E-state index >= 15 is 0 Å². The van der Waals surface area contributed by atoms with Gasteiger partial charge in [-0.25, -0.2) is 4.79 Å². The Kier molecular flexibility index (Phi) is 5.36. The molecule has 0 unspecified atom stereocenters. The van der Waals surface area contributed by atoms with Gasteiger partial charge in [0.1, 0.15) is 11.5 Å². The Bertz CT molecular complexity index is 437. The normalized spacial score (nSPS) is 9.94. The van der Waals surface area contributed by atoms with Crippen molar-refractivity contribution in [1.29, 1.82) is 0 Å². The topological polar surface area (TPSA) is 52.6 Å². The van der Waals surface area contributed by atoms with Crippen molar-refractivity contribution in [2.24, 2.45) is 0 Å². The van der Waals surface area contributed by atoms with Gasteiger partial charge in [-0.3, -0.25) is 4.79 Å². The van der Waals surface area contributed by atoms with Gasteiger partial charge in [-0.2, -0.15) is 0 Å². The fraction of sp³-hybridized carbons (Fsp3) is 0.429. The van der Waals surface area contributed by atoms with Crippen molar-refractivity contribution in [2.75, 3.05) is 13.2 Å². The molecule has 4 nitrogen and oxygen atoms in total. The van der Waals surface area contributed by atoms with Crippen LogP contribution in [-0.4, -0.2) is 25.0 Å². The van der Waals surface area contributed by atoms with Crippen LogP contribution in [-0.2, 0) is 16.0 Å². The molecule has 1 aromatic carbocycles. The number of rotatable bonds is 6. The highest BCUT2D eigenvalue weighted by atomic mass is 16.5. The maximum atomic E-state index is 11.8. The van der Waals surface area contributed by atoms with Gasteiger partial charge in [0.15, 0.2) is 0 Å². The van der Waals surface area contributed by atoms with Crippen LogP contribution >= 0.6 is 0 Å². The van der Waals surface area contributed by atoms with E-state index in [0.29, 0.717) is 30.1 Å². The standard InChI is InChI=1S/C14H18O4/c1-4-17-13-8-6-7-11(14(16)18-5-2)12(13)9-10(3)15/h6-8H,4-5,9H2,1-3H3. The van der Waals surface area contributed by atoms with Gasteiger partial charge in [0, 0.05) is 12.0 Å². The molecule has 0 aliphatic carbocycles. The predicted octanol–water partition coefficient (Wildman–Crippen LogP) is 2.39. The Morgan fingerprint density at radius 1 is 1.17 bits per heavy atom. The Labute approximate surface area is 107 Å². The SMILES string of the molecule is CCOC(=O)c1cccc(OCC)c1CC(C)=O. The lowest BCUT2D eigenvalue weighted by Crippen LogP contribution is -2.12. The summed E-state index contributed by atoms with van der Waals surface area (Å²) in [6.45, 7) is 5.87. The van der Waals surface area contributed by atoms with Gasteiger partial charge >= 0.3 is 5.97 Å². The molecule has 4 heteroatoms. The minimum absolute atomic E-state index is 0.0206. The molecule has 18 heavy (non-hydrogen) atoms. The van der Waals surface area contributed by atoms with E-state index in [1.54, 1.807) is 25.1 Å². The zero-order valence-electron chi connectivity index (χ0n) is 11.0. The Morgan fingerprint density at radius 3 is 2.44 bits per heavy atom. The molecule has 0 aromatic heterocycles. The summed E-state index contributed by atoms with van der Waals surface area (Å²) in [4.78, 5) is 23.1. The second-order valence-corrected chi connectivity index (χ2v) is 3.81. The summed E-state index contributed by atoms with van der Waals surface area (Å²) in [7, 11) is 0. The van der Waals surface area contributed by atoms with E-state index in [1.165, 1.54) is 6.92 Å². The molecule has 0 fully saturated rings. The van der Waals surface area contributed by atoms with Crippen LogP contribution < -0.4 is 4.74 Å². The van der Waals surface area contributed by atoms with Gasteiger partial charge in [-0.1, -0.05) is 6.07 Å². The van der Waals surface area contributed by atoms with Gasteiger partial charge in [0.2, 0.25) is 0 Å². The molecule has 0 saturated carbocycles. The fourth-order valence-corrected chi connectivity index (χ4v) is 1.69. The Hall–Kier alpha value is -1.84. The summed E-state index contributed by atoms with van der Waals surface area (Å²) in [6, 6.07) is 5.13. The van der Waals surface area contributed by atoms with Gasteiger partial charge in [-0.15, -0.1) is 0 Å². The first-order chi connectivity index (χ1) is 8.60. The summed E-state index contributed by atoms with van der Waals surface area (Å²) < 4.78 is 10.4. The molecule has 0 spiro atoms. The molecule has 0 atom stereocenters. The number of carbonyl (C=O) groups excluding carboxylic acids is 2. The summed E-state index contributed by atoms with van der Waals surface area (Å²) >= 11 is 0. The number of esters is 1. The van der Waals surface area contributed by atoms with Crippen molar-refractivity contribution in [3.05, 3.63) is 29.3 Å². The molecule has 0 radical (unpaired) electrons. The molecule has 0 aliphatic heterocycles. The lowest BCUT2D eigenvalue weighted by Gasteiger charge is -2.13. The molecule has 0 aliphatic rings. The molecule has 0 heterocycles. The third kappa shape index (κ3) is 3.58. The average molecular weight is 250 g/mol. The van der Waals surface area contributed by atoms with Crippen LogP contribution in [0.3, 0.4) is 0 Å². The van der Waals surface area contributed by atoms with Crippen LogP contribution in [0.5, 0.6) is 5.75 Å². The molecular weight excluding hydrogens is 232 g/mol. The number of hydrogen-bond acceptors (Lipinski definition) is 4. The summed E-state index contributed by atoms with van der Waals surface area (Å²) in [5, 5.41) is 0. The highest BCUT2D eigenvalue weighted by Crippen LogP contribution is 2.24. The summed E-state index contributed by atoms with van der Waals surface area (Å²) in [5.41, 5.74) is 1.00. The van der Waals surface area contributed by atoms with Gasteiger partial charge in [0.05, 0.1) is 18.8 Å². The van der Waals surface area contributed by atoms with Crippen molar-refractivity contribution in [3.8, 4) is 5.75 Å². The maximum Gasteiger partial charge on any atom is 0.338 e. The third-order valence-electron chi connectivity index (χ3n) is 2.35. The molecule has 1 aromatic rings. The van der Waals surface area contributed by atoms with E-state index < -0.39 is 5.97 Å².